The lowest BCUT2D eigenvalue weighted by molar-refractivity contribution is 0.0773. The Labute approximate surface area is 188 Å². The zero-order chi connectivity index (χ0) is 23.2. The second-order valence-electron chi connectivity index (χ2n) is 7.08. The highest BCUT2D eigenvalue weighted by Gasteiger charge is 2.18. The van der Waals surface area contributed by atoms with Crippen molar-refractivity contribution >= 4 is 39.1 Å². The van der Waals surface area contributed by atoms with Crippen LogP contribution < -0.4 is 10.0 Å². The first kappa shape index (κ1) is 24.8. The molecule has 2 amide bonds. The lowest BCUT2D eigenvalue weighted by atomic mass is 10.1. The first-order valence-corrected chi connectivity index (χ1v) is 12.0. The number of sulfonamides is 1. The van der Waals surface area contributed by atoms with Crippen molar-refractivity contribution in [2.75, 3.05) is 18.4 Å². The molecule has 0 aliphatic heterocycles. The van der Waals surface area contributed by atoms with Gasteiger partial charge >= 0.3 is 0 Å². The van der Waals surface area contributed by atoms with Gasteiger partial charge < -0.3 is 10.2 Å². The number of halogens is 1. The number of hydrogen-bond acceptors (Lipinski definition) is 4. The maximum Gasteiger partial charge on any atom is 0.255 e. The summed E-state index contributed by atoms with van der Waals surface area (Å²) in [5.41, 5.74) is 1.09. The largest absolute Gasteiger partial charge is 0.339 e. The predicted molar refractivity (Wildman–Crippen MR) is 123 cm³/mol. The molecule has 2 N–H and O–H groups in total. The highest BCUT2D eigenvalue weighted by molar-refractivity contribution is 7.89. The van der Waals surface area contributed by atoms with Gasteiger partial charge in [-0.15, -0.1) is 0 Å². The third-order valence-corrected chi connectivity index (χ3v) is 6.82. The summed E-state index contributed by atoms with van der Waals surface area (Å²) in [7, 11) is -3.64. The Morgan fingerprint density at radius 1 is 1.03 bits per heavy atom. The van der Waals surface area contributed by atoms with Crippen LogP contribution in [-0.2, 0) is 10.0 Å². The van der Waals surface area contributed by atoms with Crippen LogP contribution in [0.1, 0.15) is 54.8 Å². The molecule has 0 fully saturated rings. The Hall–Kier alpha value is -2.42. The molecule has 0 aliphatic rings. The van der Waals surface area contributed by atoms with E-state index in [0.29, 0.717) is 36.3 Å². The molecule has 0 saturated heterocycles. The van der Waals surface area contributed by atoms with Gasteiger partial charge in [-0.2, -0.15) is 0 Å². The van der Waals surface area contributed by atoms with E-state index in [1.165, 1.54) is 30.3 Å². The average molecular weight is 466 g/mol. The lowest BCUT2D eigenvalue weighted by Crippen LogP contribution is -2.32. The molecular weight excluding hydrogens is 438 g/mol. The minimum Gasteiger partial charge on any atom is -0.339 e. The summed E-state index contributed by atoms with van der Waals surface area (Å²) in [5.74, 6) is -0.589. The van der Waals surface area contributed by atoms with Crippen LogP contribution in [0.4, 0.5) is 5.69 Å². The minimum absolute atomic E-state index is 0.0895. The van der Waals surface area contributed by atoms with Gasteiger partial charge in [0, 0.05) is 30.4 Å². The Kier molecular flexibility index (Phi) is 8.61. The highest BCUT2D eigenvalue weighted by Crippen LogP contribution is 2.23. The van der Waals surface area contributed by atoms with E-state index < -0.39 is 15.9 Å². The van der Waals surface area contributed by atoms with E-state index in [1.807, 2.05) is 20.8 Å². The maximum atomic E-state index is 12.5. The van der Waals surface area contributed by atoms with E-state index in [1.54, 1.807) is 24.0 Å². The molecule has 31 heavy (non-hydrogen) atoms. The SMILES string of the molecule is CCC(C)NS(=O)(=O)c1ccc(C(=O)Nc2ccc(C(=O)N(CC)CC)c(Cl)c2)cc1. The van der Waals surface area contributed by atoms with Gasteiger partial charge in [-0.1, -0.05) is 18.5 Å². The van der Waals surface area contributed by atoms with E-state index in [2.05, 4.69) is 10.0 Å². The summed E-state index contributed by atoms with van der Waals surface area (Å²) in [6.07, 6.45) is 0.668. The highest BCUT2D eigenvalue weighted by atomic mass is 35.5. The van der Waals surface area contributed by atoms with E-state index in [-0.39, 0.29) is 21.9 Å². The number of hydrogen-bond donors (Lipinski definition) is 2. The van der Waals surface area contributed by atoms with Crippen LogP contribution in [0.15, 0.2) is 47.4 Å². The van der Waals surface area contributed by atoms with Gasteiger partial charge in [0.25, 0.3) is 11.8 Å². The first-order valence-electron chi connectivity index (χ1n) is 10.1. The van der Waals surface area contributed by atoms with E-state index in [9.17, 15) is 18.0 Å². The Balaban J connectivity index is 2.13. The molecule has 9 heteroatoms. The van der Waals surface area contributed by atoms with Crippen LogP contribution in [0.2, 0.25) is 5.02 Å². The quantitative estimate of drug-likeness (QED) is 0.581. The molecule has 0 bridgehead atoms. The Bertz CT molecular complexity index is 1040. The third kappa shape index (κ3) is 6.29. The van der Waals surface area contributed by atoms with Gasteiger partial charge in [-0.05, 0) is 69.7 Å². The molecule has 1 unspecified atom stereocenters. The molecule has 7 nitrogen and oxygen atoms in total. The zero-order valence-electron chi connectivity index (χ0n) is 18.1. The van der Waals surface area contributed by atoms with Crippen molar-refractivity contribution in [1.82, 2.24) is 9.62 Å². The van der Waals surface area contributed by atoms with Crippen LogP contribution >= 0.6 is 11.6 Å². The fourth-order valence-electron chi connectivity index (χ4n) is 2.85. The van der Waals surface area contributed by atoms with Crippen molar-refractivity contribution in [3.05, 3.63) is 58.6 Å². The van der Waals surface area contributed by atoms with Gasteiger partial charge in [0.2, 0.25) is 10.0 Å². The lowest BCUT2D eigenvalue weighted by Gasteiger charge is -2.19. The molecule has 0 aliphatic carbocycles. The second-order valence-corrected chi connectivity index (χ2v) is 9.20. The molecule has 1 atom stereocenters. The van der Waals surface area contributed by atoms with Crippen molar-refractivity contribution in [3.8, 4) is 0 Å². The van der Waals surface area contributed by atoms with Gasteiger partial charge in [0.1, 0.15) is 0 Å². The molecule has 0 aromatic heterocycles. The van der Waals surface area contributed by atoms with Gasteiger partial charge in [-0.3, -0.25) is 9.59 Å². The zero-order valence-corrected chi connectivity index (χ0v) is 19.7. The molecule has 0 radical (unpaired) electrons. The Morgan fingerprint density at radius 3 is 2.16 bits per heavy atom. The van der Waals surface area contributed by atoms with Crippen LogP contribution in [0, 0.1) is 0 Å². The predicted octanol–water partition coefficient (Wildman–Crippen LogP) is 4.15. The molecule has 0 heterocycles. The van der Waals surface area contributed by atoms with Crippen molar-refractivity contribution in [2.24, 2.45) is 0 Å². The number of benzene rings is 2. The minimum atomic E-state index is -3.64. The number of amides is 2. The van der Waals surface area contributed by atoms with Gasteiger partial charge in [0.05, 0.1) is 15.5 Å². The monoisotopic (exact) mass is 465 g/mol. The fourth-order valence-corrected chi connectivity index (χ4v) is 4.44. The summed E-state index contributed by atoms with van der Waals surface area (Å²) in [6.45, 7) is 8.59. The van der Waals surface area contributed by atoms with Crippen molar-refractivity contribution in [2.45, 2.75) is 45.1 Å². The van der Waals surface area contributed by atoms with Gasteiger partial charge in [0.15, 0.2) is 0 Å². The van der Waals surface area contributed by atoms with Crippen molar-refractivity contribution in [3.63, 3.8) is 0 Å². The van der Waals surface area contributed by atoms with Crippen LogP contribution in [0.5, 0.6) is 0 Å². The molecule has 2 aromatic carbocycles. The molecule has 0 spiro atoms. The summed E-state index contributed by atoms with van der Waals surface area (Å²) >= 11 is 6.26. The average Bonchev–Trinajstić information content (AvgIpc) is 2.74. The number of nitrogens with zero attached hydrogens (tertiary/aromatic N) is 1. The number of carbonyl (C=O) groups excluding carboxylic acids is 2. The normalized spacial score (nSPS) is 12.3. The molecular formula is C22H28ClN3O4S. The molecule has 0 saturated carbocycles. The number of carbonyl (C=O) groups is 2. The first-order chi connectivity index (χ1) is 14.6. The van der Waals surface area contributed by atoms with E-state index >= 15 is 0 Å². The third-order valence-electron chi connectivity index (χ3n) is 4.90. The van der Waals surface area contributed by atoms with E-state index in [0.717, 1.165) is 0 Å². The standard InChI is InChI=1S/C22H28ClN3O4S/c1-5-15(4)25-31(29,30)18-11-8-16(9-12-18)21(27)24-17-10-13-19(20(23)14-17)22(28)26(6-2)7-3/h8-15,25H,5-7H2,1-4H3,(H,24,27). The van der Waals surface area contributed by atoms with Gasteiger partial charge in [-0.25, -0.2) is 13.1 Å². The second kappa shape index (κ2) is 10.7. The summed E-state index contributed by atoms with van der Waals surface area (Å²) in [6, 6.07) is 10.2. The number of rotatable bonds is 9. The van der Waals surface area contributed by atoms with Crippen molar-refractivity contribution < 1.29 is 18.0 Å². The summed E-state index contributed by atoms with van der Waals surface area (Å²) in [5, 5.41) is 2.95. The molecule has 2 aromatic rings. The number of anilines is 1. The summed E-state index contributed by atoms with van der Waals surface area (Å²) in [4.78, 5) is 26.8. The molecule has 168 valence electrons. The topological polar surface area (TPSA) is 95.6 Å². The van der Waals surface area contributed by atoms with Crippen molar-refractivity contribution in [1.29, 1.82) is 0 Å². The van der Waals surface area contributed by atoms with Crippen LogP contribution in [-0.4, -0.2) is 44.3 Å². The fraction of sp³-hybridized carbons (Fsp3) is 0.364. The number of nitrogens with one attached hydrogen (secondary N) is 2. The Morgan fingerprint density at radius 2 is 1.65 bits per heavy atom. The van der Waals surface area contributed by atoms with Crippen LogP contribution in [0.25, 0.3) is 0 Å². The maximum absolute atomic E-state index is 12.5. The van der Waals surface area contributed by atoms with Crippen LogP contribution in [0.3, 0.4) is 0 Å². The van der Waals surface area contributed by atoms with E-state index in [4.69, 9.17) is 11.6 Å². The smallest absolute Gasteiger partial charge is 0.255 e. The molecule has 2 rings (SSSR count). The summed E-state index contributed by atoms with van der Waals surface area (Å²) < 4.78 is 27.2.